The molecule has 2 aromatic rings. The van der Waals surface area contributed by atoms with Gasteiger partial charge in [-0.25, -0.2) is 4.79 Å². The van der Waals surface area contributed by atoms with Crippen LogP contribution in [0.15, 0.2) is 78.0 Å². The molecule has 5 rings (SSSR count). The summed E-state index contributed by atoms with van der Waals surface area (Å²) in [6.45, 7) is 11.0. The molecule has 3 N–H and O–H groups in total. The first-order valence-electron chi connectivity index (χ1n) is 20.5. The number of nitro benzene ring substituents is 1. The van der Waals surface area contributed by atoms with Gasteiger partial charge in [0.15, 0.2) is 0 Å². The number of hydrogen-bond acceptors (Lipinski definition) is 11. The van der Waals surface area contributed by atoms with Crippen molar-refractivity contribution in [2.24, 2.45) is 22.9 Å². The number of unbranched alkanes of at least 4 members (excludes halogenated alkanes) is 2. The summed E-state index contributed by atoms with van der Waals surface area (Å²) in [4.78, 5) is 45.5. The van der Waals surface area contributed by atoms with Crippen molar-refractivity contribution in [1.82, 2.24) is 10.2 Å². The van der Waals surface area contributed by atoms with Crippen LogP contribution in [0.2, 0.25) is 0 Å². The van der Waals surface area contributed by atoms with Crippen molar-refractivity contribution in [3.63, 3.8) is 0 Å². The summed E-state index contributed by atoms with van der Waals surface area (Å²) in [6.07, 6.45) is 11.7. The van der Waals surface area contributed by atoms with E-state index in [9.17, 15) is 29.9 Å². The molecule has 6 atom stereocenters. The fourth-order valence-corrected chi connectivity index (χ4v) is 8.77. The minimum Gasteiger partial charge on any atom is -0.459 e. The number of aliphatic hydroxyl groups excluding tert-OH is 2. The molecular weight excluding hydrogens is 745 g/mol. The average molecular weight is 803 g/mol. The number of allylic oxidation sites excluding steroid dienone is 1. The number of hydrogen-bond donors (Lipinski definition) is 3. The monoisotopic (exact) mass is 802 g/mol. The number of nitro groups is 1. The molecule has 0 saturated heterocycles. The van der Waals surface area contributed by atoms with Gasteiger partial charge in [0.1, 0.15) is 24.1 Å². The van der Waals surface area contributed by atoms with Crippen LogP contribution in [0.4, 0.5) is 10.5 Å². The summed E-state index contributed by atoms with van der Waals surface area (Å²) in [7, 11) is 0. The third kappa shape index (κ3) is 9.96. The second-order valence-corrected chi connectivity index (χ2v) is 14.8. The van der Waals surface area contributed by atoms with Crippen molar-refractivity contribution in [3.8, 4) is 11.5 Å². The predicted octanol–water partition coefficient (Wildman–Crippen LogP) is 7.31. The number of aliphatic hydroxyl groups is 2. The first-order valence-corrected chi connectivity index (χ1v) is 20.5. The van der Waals surface area contributed by atoms with Crippen LogP contribution < -0.4 is 14.8 Å². The minimum absolute atomic E-state index is 0.00230. The Labute approximate surface area is 340 Å². The standard InChI is InChI=1S/C44H58N4O10/c1-5-23-47(40(51)22-17-30-15-18-32(19-16-30)48(53)54)39-29-37(46-56-8-4)35-27-31(13-9-11-24-49)34(14-10-12-25-50)41-36-28-33(57-43(52)45-7-3)20-21-38(36)58-44(39,42(35)41)55-26-6-2/h6,15-22,27-28,31,34,39,41-42,49-50H,2,5,7-14,23-26,29H2,1,3-4H3,(H,45,52)/t31-,34+,39-,41+,42+,44+/m0/s1. The fourth-order valence-electron chi connectivity index (χ4n) is 8.77. The number of amides is 2. The van der Waals surface area contributed by atoms with Crippen LogP contribution in [-0.2, 0) is 14.4 Å². The van der Waals surface area contributed by atoms with Crippen LogP contribution in [-0.4, -0.2) is 89.1 Å². The molecule has 1 saturated carbocycles. The molecular formula is C44H58N4O10. The molecule has 0 spiro atoms. The Bertz CT molecular complexity index is 1830. The first kappa shape index (κ1) is 44.1. The number of non-ortho nitro benzene ring substituents is 1. The van der Waals surface area contributed by atoms with Crippen LogP contribution in [0.1, 0.15) is 89.2 Å². The van der Waals surface area contributed by atoms with Crippen molar-refractivity contribution in [1.29, 1.82) is 0 Å². The summed E-state index contributed by atoms with van der Waals surface area (Å²) in [6, 6.07) is 10.6. The summed E-state index contributed by atoms with van der Waals surface area (Å²) in [5.74, 6) is -1.62. The Balaban J connectivity index is 1.73. The zero-order valence-electron chi connectivity index (χ0n) is 33.8. The van der Waals surface area contributed by atoms with Crippen LogP contribution in [0.5, 0.6) is 11.5 Å². The molecule has 14 heteroatoms. The highest BCUT2D eigenvalue weighted by molar-refractivity contribution is 6.03. The number of fused-ring (bicyclic) bond motifs is 2. The molecule has 2 aromatic carbocycles. The summed E-state index contributed by atoms with van der Waals surface area (Å²) in [5, 5.41) is 38.3. The van der Waals surface area contributed by atoms with E-state index in [0.717, 1.165) is 36.8 Å². The highest BCUT2D eigenvalue weighted by Gasteiger charge is 2.65. The van der Waals surface area contributed by atoms with Gasteiger partial charge in [-0.05, 0) is 105 Å². The topological polar surface area (TPSA) is 182 Å². The lowest BCUT2D eigenvalue weighted by Crippen LogP contribution is -2.70. The van der Waals surface area contributed by atoms with Crippen molar-refractivity contribution in [3.05, 3.63) is 94.1 Å². The van der Waals surface area contributed by atoms with E-state index in [1.165, 1.54) is 18.2 Å². The van der Waals surface area contributed by atoms with E-state index >= 15 is 0 Å². The highest BCUT2D eigenvalue weighted by Crippen LogP contribution is 2.62. The van der Waals surface area contributed by atoms with Gasteiger partial charge in [-0.15, -0.1) is 6.58 Å². The van der Waals surface area contributed by atoms with Gasteiger partial charge in [0, 0.05) is 62.4 Å². The van der Waals surface area contributed by atoms with E-state index in [-0.39, 0.29) is 55.6 Å². The maximum absolute atomic E-state index is 14.5. The second-order valence-electron chi connectivity index (χ2n) is 14.8. The Morgan fingerprint density at radius 1 is 1.09 bits per heavy atom. The molecule has 2 aliphatic carbocycles. The summed E-state index contributed by atoms with van der Waals surface area (Å²) < 4.78 is 19.9. The van der Waals surface area contributed by atoms with Crippen LogP contribution >= 0.6 is 0 Å². The normalized spacial score (nSPS) is 23.9. The first-order chi connectivity index (χ1) is 28.2. The number of oxime groups is 1. The van der Waals surface area contributed by atoms with Gasteiger partial charge < -0.3 is 39.5 Å². The van der Waals surface area contributed by atoms with Crippen molar-refractivity contribution in [2.75, 3.05) is 39.5 Å². The van der Waals surface area contributed by atoms with E-state index < -0.39 is 28.8 Å². The minimum atomic E-state index is -1.44. The fraction of sp³-hybridized carbons (Fsp3) is 0.523. The van der Waals surface area contributed by atoms with Crippen LogP contribution in [0, 0.1) is 27.9 Å². The lowest BCUT2D eigenvalue weighted by atomic mass is 9.55. The molecule has 2 amide bonds. The van der Waals surface area contributed by atoms with Crippen molar-refractivity contribution < 1.29 is 43.8 Å². The maximum Gasteiger partial charge on any atom is 0.412 e. The van der Waals surface area contributed by atoms with Gasteiger partial charge in [-0.1, -0.05) is 37.1 Å². The Kier molecular flexibility index (Phi) is 16.0. The van der Waals surface area contributed by atoms with Crippen LogP contribution in [0.25, 0.3) is 6.08 Å². The molecule has 0 unspecified atom stereocenters. The zero-order valence-corrected chi connectivity index (χ0v) is 33.8. The second kappa shape index (κ2) is 21.1. The van der Waals surface area contributed by atoms with Gasteiger partial charge in [-0.2, -0.15) is 0 Å². The van der Waals surface area contributed by atoms with E-state index in [4.69, 9.17) is 24.2 Å². The highest BCUT2D eigenvalue weighted by atomic mass is 16.7. The molecule has 58 heavy (non-hydrogen) atoms. The molecule has 0 aromatic heterocycles. The maximum atomic E-state index is 14.5. The number of carbonyl (C=O) groups excluding carboxylic acids is 2. The summed E-state index contributed by atoms with van der Waals surface area (Å²) >= 11 is 0. The SMILES string of the molecule is C=CCO[C@@]12Oc3ccc(OC(=O)NCC)cc3[C@H]3[C@H](CCCCO)[C@@H](CCCCO)C=C(C(=NOCC)C[C@@H]1N(CCC)C(=O)C=Cc1ccc([N+](=O)[O-])cc1)[C@H]32. The Morgan fingerprint density at radius 3 is 2.48 bits per heavy atom. The lowest BCUT2D eigenvalue weighted by Gasteiger charge is -2.60. The van der Waals surface area contributed by atoms with E-state index in [0.29, 0.717) is 61.7 Å². The van der Waals surface area contributed by atoms with E-state index in [1.54, 1.807) is 41.3 Å². The third-order valence-electron chi connectivity index (χ3n) is 11.1. The third-order valence-corrected chi connectivity index (χ3v) is 11.1. The van der Waals surface area contributed by atoms with Crippen molar-refractivity contribution >= 4 is 29.5 Å². The zero-order chi connectivity index (χ0) is 41.7. The lowest BCUT2D eigenvalue weighted by molar-refractivity contribution is -0.384. The van der Waals surface area contributed by atoms with Gasteiger partial charge in [0.25, 0.3) is 5.69 Å². The number of carbonyl (C=O) groups is 2. The van der Waals surface area contributed by atoms with Crippen LogP contribution in [0.3, 0.4) is 0 Å². The quantitative estimate of drug-likeness (QED) is 0.0381. The molecule has 1 aliphatic heterocycles. The molecule has 3 aliphatic rings. The number of rotatable bonds is 21. The number of benzene rings is 2. The van der Waals surface area contributed by atoms with Crippen molar-refractivity contribution in [2.45, 2.75) is 89.9 Å². The summed E-state index contributed by atoms with van der Waals surface area (Å²) in [5.41, 5.74) is 2.99. The number of nitrogens with zero attached hydrogens (tertiary/aromatic N) is 3. The van der Waals surface area contributed by atoms with Gasteiger partial charge in [0.2, 0.25) is 11.7 Å². The molecule has 314 valence electrons. The Morgan fingerprint density at radius 2 is 1.83 bits per heavy atom. The average Bonchev–Trinajstić information content (AvgIpc) is 3.22. The smallest absolute Gasteiger partial charge is 0.412 e. The van der Waals surface area contributed by atoms with E-state index in [2.05, 4.69) is 18.0 Å². The van der Waals surface area contributed by atoms with Gasteiger partial charge >= 0.3 is 6.09 Å². The molecule has 1 fully saturated rings. The number of ether oxygens (including phenoxy) is 3. The molecule has 14 nitrogen and oxygen atoms in total. The Hall–Kier alpha value is -5.05. The molecule has 1 heterocycles. The van der Waals surface area contributed by atoms with Gasteiger partial charge in [-0.3, -0.25) is 14.9 Å². The molecule has 0 radical (unpaired) electrons. The number of nitrogens with one attached hydrogen (secondary N) is 1. The molecule has 0 bridgehead atoms. The van der Waals surface area contributed by atoms with Gasteiger partial charge in [0.05, 0.1) is 23.2 Å². The largest absolute Gasteiger partial charge is 0.459 e. The van der Waals surface area contributed by atoms with E-state index in [1.807, 2.05) is 26.8 Å². The predicted molar refractivity (Wildman–Crippen MR) is 220 cm³/mol.